The molecule has 0 aromatic carbocycles. The lowest BCUT2D eigenvalue weighted by molar-refractivity contribution is -0.137. The molecule has 1 amide bonds. The van der Waals surface area contributed by atoms with Crippen LogP contribution in [0.15, 0.2) is 0 Å². The quantitative estimate of drug-likeness (QED) is 0.733. The second-order valence-corrected chi connectivity index (χ2v) is 5.54. The molecular weight excluding hydrogens is 216 g/mol. The summed E-state index contributed by atoms with van der Waals surface area (Å²) in [5.41, 5.74) is 0. The van der Waals surface area contributed by atoms with E-state index >= 15 is 0 Å². The van der Waals surface area contributed by atoms with Crippen LogP contribution in [0.2, 0.25) is 0 Å². The number of rotatable bonds is 1. The van der Waals surface area contributed by atoms with Gasteiger partial charge in [0.2, 0.25) is 5.91 Å². The maximum atomic E-state index is 12.4. The highest BCUT2D eigenvalue weighted by Crippen LogP contribution is 2.33. The topological polar surface area (TPSA) is 41.6 Å². The molecule has 3 unspecified atom stereocenters. The predicted molar refractivity (Wildman–Crippen MR) is 64.7 cm³/mol. The van der Waals surface area contributed by atoms with Gasteiger partial charge in [-0.15, -0.1) is 0 Å². The largest absolute Gasteiger partial charge is 0.378 e. The summed E-state index contributed by atoms with van der Waals surface area (Å²) in [7, 11) is 0. The lowest BCUT2D eigenvalue weighted by Crippen LogP contribution is -2.49. The van der Waals surface area contributed by atoms with Crippen molar-refractivity contribution in [2.24, 2.45) is 5.92 Å². The van der Waals surface area contributed by atoms with E-state index in [2.05, 4.69) is 5.32 Å². The molecule has 1 saturated carbocycles. The van der Waals surface area contributed by atoms with E-state index in [0.29, 0.717) is 25.2 Å². The van der Waals surface area contributed by atoms with E-state index in [1.165, 1.54) is 25.7 Å². The molecule has 96 valence electrons. The first-order chi connectivity index (χ1) is 8.34. The number of carbonyl (C=O) groups is 1. The Bertz CT molecular complexity index is 275. The molecule has 1 aliphatic carbocycles. The minimum atomic E-state index is 0.0844. The fourth-order valence-electron chi connectivity index (χ4n) is 3.51. The van der Waals surface area contributed by atoms with Gasteiger partial charge in [-0.1, -0.05) is 12.8 Å². The highest BCUT2D eigenvalue weighted by Gasteiger charge is 2.39. The van der Waals surface area contributed by atoms with Gasteiger partial charge in [-0.3, -0.25) is 4.79 Å². The third-order valence-electron chi connectivity index (χ3n) is 4.48. The number of hydrogen-bond donors (Lipinski definition) is 1. The molecule has 0 aromatic heterocycles. The Kier molecular flexibility index (Phi) is 3.34. The van der Waals surface area contributed by atoms with Gasteiger partial charge >= 0.3 is 0 Å². The molecule has 0 bridgehead atoms. The normalized spacial score (nSPS) is 37.9. The standard InChI is InChI=1S/C13H22N2O2/c16-13(15-5-7-17-8-6-15)12-9-10-3-1-2-4-11(10)14-12/h10-12,14H,1-9H2. The maximum absolute atomic E-state index is 12.4. The Labute approximate surface area is 103 Å². The Morgan fingerprint density at radius 2 is 1.94 bits per heavy atom. The third kappa shape index (κ3) is 2.33. The van der Waals surface area contributed by atoms with Gasteiger partial charge in [-0.2, -0.15) is 0 Å². The molecule has 4 nitrogen and oxygen atoms in total. The van der Waals surface area contributed by atoms with Crippen LogP contribution in [-0.4, -0.2) is 49.2 Å². The van der Waals surface area contributed by atoms with Crippen LogP contribution in [0.5, 0.6) is 0 Å². The lowest BCUT2D eigenvalue weighted by atomic mass is 9.85. The van der Waals surface area contributed by atoms with E-state index in [1.807, 2.05) is 4.90 Å². The van der Waals surface area contributed by atoms with E-state index in [0.717, 1.165) is 25.4 Å². The van der Waals surface area contributed by atoms with Gasteiger partial charge in [0.1, 0.15) is 0 Å². The van der Waals surface area contributed by atoms with Gasteiger partial charge in [0.25, 0.3) is 0 Å². The third-order valence-corrected chi connectivity index (χ3v) is 4.48. The summed E-state index contributed by atoms with van der Waals surface area (Å²) >= 11 is 0. The average Bonchev–Trinajstić information content (AvgIpc) is 2.82. The number of carbonyl (C=O) groups excluding carboxylic acids is 1. The van der Waals surface area contributed by atoms with Crippen molar-refractivity contribution >= 4 is 5.91 Å². The van der Waals surface area contributed by atoms with Crippen molar-refractivity contribution in [1.29, 1.82) is 0 Å². The van der Waals surface area contributed by atoms with E-state index < -0.39 is 0 Å². The molecule has 3 aliphatic rings. The first kappa shape index (κ1) is 11.5. The summed E-state index contributed by atoms with van der Waals surface area (Å²) in [5, 5.41) is 3.56. The summed E-state index contributed by atoms with van der Waals surface area (Å²) in [5.74, 6) is 1.06. The first-order valence-corrected chi connectivity index (χ1v) is 6.97. The van der Waals surface area contributed by atoms with Gasteiger partial charge in [0.05, 0.1) is 19.3 Å². The van der Waals surface area contributed by atoms with Crippen LogP contribution in [0.3, 0.4) is 0 Å². The van der Waals surface area contributed by atoms with Crippen LogP contribution >= 0.6 is 0 Å². The zero-order chi connectivity index (χ0) is 11.7. The van der Waals surface area contributed by atoms with Crippen LogP contribution in [0, 0.1) is 5.92 Å². The fraction of sp³-hybridized carbons (Fsp3) is 0.923. The molecule has 3 atom stereocenters. The minimum Gasteiger partial charge on any atom is -0.378 e. The number of morpholine rings is 1. The number of hydrogen-bond acceptors (Lipinski definition) is 3. The average molecular weight is 238 g/mol. The summed E-state index contributed by atoms with van der Waals surface area (Å²) in [6.07, 6.45) is 6.30. The van der Waals surface area contributed by atoms with Gasteiger partial charge in [0, 0.05) is 19.1 Å². The smallest absolute Gasteiger partial charge is 0.239 e. The van der Waals surface area contributed by atoms with E-state index in [9.17, 15) is 4.79 Å². The maximum Gasteiger partial charge on any atom is 0.239 e. The van der Waals surface area contributed by atoms with Crippen LogP contribution in [0.25, 0.3) is 0 Å². The zero-order valence-electron chi connectivity index (χ0n) is 10.4. The minimum absolute atomic E-state index is 0.0844. The van der Waals surface area contributed by atoms with Gasteiger partial charge in [0.15, 0.2) is 0 Å². The van der Waals surface area contributed by atoms with Crippen molar-refractivity contribution in [3.05, 3.63) is 0 Å². The zero-order valence-corrected chi connectivity index (χ0v) is 10.4. The molecule has 17 heavy (non-hydrogen) atoms. The molecule has 3 fully saturated rings. The second kappa shape index (κ2) is 4.94. The Hall–Kier alpha value is -0.610. The number of nitrogens with zero attached hydrogens (tertiary/aromatic N) is 1. The first-order valence-electron chi connectivity index (χ1n) is 6.97. The molecule has 3 rings (SSSR count). The monoisotopic (exact) mass is 238 g/mol. The molecule has 2 aliphatic heterocycles. The van der Waals surface area contributed by atoms with Crippen molar-refractivity contribution in [3.8, 4) is 0 Å². The number of ether oxygens (including phenoxy) is 1. The summed E-state index contributed by atoms with van der Waals surface area (Å²) < 4.78 is 5.29. The Morgan fingerprint density at radius 3 is 2.71 bits per heavy atom. The van der Waals surface area contributed by atoms with Crippen molar-refractivity contribution in [2.75, 3.05) is 26.3 Å². The van der Waals surface area contributed by atoms with Gasteiger partial charge in [-0.25, -0.2) is 0 Å². The van der Waals surface area contributed by atoms with Crippen LogP contribution in [0.1, 0.15) is 32.1 Å². The molecule has 0 spiro atoms. The summed E-state index contributed by atoms with van der Waals surface area (Å²) in [6.45, 7) is 2.94. The van der Waals surface area contributed by atoms with Crippen LogP contribution in [-0.2, 0) is 9.53 Å². The van der Waals surface area contributed by atoms with Crippen LogP contribution < -0.4 is 5.32 Å². The Morgan fingerprint density at radius 1 is 1.18 bits per heavy atom. The van der Waals surface area contributed by atoms with E-state index in [-0.39, 0.29) is 6.04 Å². The molecule has 1 N–H and O–H groups in total. The lowest BCUT2D eigenvalue weighted by Gasteiger charge is -2.29. The number of amides is 1. The SMILES string of the molecule is O=C(C1CC2CCCCC2N1)N1CCOCC1. The molecule has 4 heteroatoms. The highest BCUT2D eigenvalue weighted by atomic mass is 16.5. The fourth-order valence-corrected chi connectivity index (χ4v) is 3.51. The van der Waals surface area contributed by atoms with E-state index in [4.69, 9.17) is 4.74 Å². The van der Waals surface area contributed by atoms with Crippen molar-refractivity contribution in [3.63, 3.8) is 0 Å². The van der Waals surface area contributed by atoms with Gasteiger partial charge in [-0.05, 0) is 25.2 Å². The second-order valence-electron chi connectivity index (χ2n) is 5.54. The molecule has 0 radical (unpaired) electrons. The number of fused-ring (bicyclic) bond motifs is 1. The van der Waals surface area contributed by atoms with Crippen molar-refractivity contribution in [2.45, 2.75) is 44.2 Å². The molecule has 2 saturated heterocycles. The van der Waals surface area contributed by atoms with Gasteiger partial charge < -0.3 is 15.0 Å². The highest BCUT2D eigenvalue weighted by molar-refractivity contribution is 5.82. The van der Waals surface area contributed by atoms with E-state index in [1.54, 1.807) is 0 Å². The van der Waals surface area contributed by atoms with Crippen LogP contribution in [0.4, 0.5) is 0 Å². The number of nitrogens with one attached hydrogen (secondary N) is 1. The Balaban J connectivity index is 1.59. The summed E-state index contributed by atoms with van der Waals surface area (Å²) in [6, 6.07) is 0.694. The molecular formula is C13H22N2O2. The van der Waals surface area contributed by atoms with Crippen molar-refractivity contribution < 1.29 is 9.53 Å². The molecule has 2 heterocycles. The van der Waals surface area contributed by atoms with Crippen molar-refractivity contribution in [1.82, 2.24) is 10.2 Å². The summed E-state index contributed by atoms with van der Waals surface area (Å²) in [4.78, 5) is 14.3. The molecule has 0 aromatic rings. The predicted octanol–water partition coefficient (Wildman–Crippen LogP) is 0.766.